The lowest BCUT2D eigenvalue weighted by molar-refractivity contribution is 0.429. The molecule has 0 atom stereocenters. The average Bonchev–Trinajstić information content (AvgIpc) is 2.48. The normalized spacial score (nSPS) is 10.6. The molecule has 0 aliphatic rings. The number of anilines is 1. The zero-order chi connectivity index (χ0) is 12.6. The van der Waals surface area contributed by atoms with Crippen LogP contribution in [-0.2, 0) is 7.05 Å². The van der Waals surface area contributed by atoms with Gasteiger partial charge in [0, 0.05) is 7.05 Å². The molecular formula is C13H17N3O. The number of benzene rings is 1. The molecule has 1 heterocycles. The van der Waals surface area contributed by atoms with Crippen LogP contribution in [0, 0.1) is 20.8 Å². The van der Waals surface area contributed by atoms with E-state index in [1.165, 1.54) is 5.56 Å². The monoisotopic (exact) mass is 231 g/mol. The van der Waals surface area contributed by atoms with Crippen LogP contribution in [0.5, 0.6) is 11.6 Å². The maximum Gasteiger partial charge on any atom is 0.241 e. The van der Waals surface area contributed by atoms with Crippen LogP contribution >= 0.6 is 0 Å². The van der Waals surface area contributed by atoms with E-state index in [1.54, 1.807) is 4.68 Å². The van der Waals surface area contributed by atoms with Crippen LogP contribution in [0.1, 0.15) is 16.8 Å². The molecule has 0 aliphatic heterocycles. The third-order valence-corrected chi connectivity index (χ3v) is 2.75. The summed E-state index contributed by atoms with van der Waals surface area (Å²) in [5.41, 5.74) is 9.60. The summed E-state index contributed by atoms with van der Waals surface area (Å²) in [6.07, 6.45) is 0. The molecule has 2 aromatic rings. The van der Waals surface area contributed by atoms with Crippen LogP contribution in [0.25, 0.3) is 0 Å². The number of nitrogens with zero attached hydrogens (tertiary/aromatic N) is 2. The number of ether oxygens (including phenoxy) is 1. The van der Waals surface area contributed by atoms with Gasteiger partial charge in [0.25, 0.3) is 0 Å². The molecule has 90 valence electrons. The molecule has 0 fully saturated rings. The Hall–Kier alpha value is -1.97. The number of nitrogen functional groups attached to an aromatic ring is 1. The van der Waals surface area contributed by atoms with E-state index in [0.717, 1.165) is 17.0 Å². The predicted molar refractivity (Wildman–Crippen MR) is 68.3 cm³/mol. The lowest BCUT2D eigenvalue weighted by Gasteiger charge is -2.09. The Morgan fingerprint density at radius 2 is 1.94 bits per heavy atom. The molecule has 0 bridgehead atoms. The first-order chi connectivity index (χ1) is 7.99. The minimum atomic E-state index is 0.590. The van der Waals surface area contributed by atoms with Crippen molar-refractivity contribution in [2.24, 2.45) is 7.05 Å². The summed E-state index contributed by atoms with van der Waals surface area (Å²) >= 11 is 0. The van der Waals surface area contributed by atoms with E-state index in [1.807, 2.05) is 33.0 Å². The Bertz CT molecular complexity index is 558. The van der Waals surface area contributed by atoms with E-state index in [0.29, 0.717) is 11.6 Å². The second kappa shape index (κ2) is 4.13. The molecule has 0 saturated carbocycles. The van der Waals surface area contributed by atoms with E-state index >= 15 is 0 Å². The highest BCUT2D eigenvalue weighted by Gasteiger charge is 2.13. The molecule has 0 amide bonds. The number of hydrogen-bond acceptors (Lipinski definition) is 3. The second-order valence-corrected chi connectivity index (χ2v) is 4.30. The van der Waals surface area contributed by atoms with Gasteiger partial charge in [0.2, 0.25) is 5.88 Å². The Morgan fingerprint density at radius 1 is 1.24 bits per heavy atom. The summed E-state index contributed by atoms with van der Waals surface area (Å²) < 4.78 is 7.48. The van der Waals surface area contributed by atoms with Crippen molar-refractivity contribution in [3.63, 3.8) is 0 Å². The second-order valence-electron chi connectivity index (χ2n) is 4.30. The number of aromatic nitrogens is 2. The molecule has 0 saturated heterocycles. The average molecular weight is 231 g/mol. The van der Waals surface area contributed by atoms with Crippen LogP contribution in [0.2, 0.25) is 0 Å². The highest BCUT2D eigenvalue weighted by Crippen LogP contribution is 2.31. The first-order valence-corrected chi connectivity index (χ1v) is 5.53. The van der Waals surface area contributed by atoms with Gasteiger partial charge in [-0.1, -0.05) is 17.7 Å². The summed E-state index contributed by atoms with van der Waals surface area (Å²) in [4.78, 5) is 0. The van der Waals surface area contributed by atoms with Gasteiger partial charge in [-0.2, -0.15) is 5.10 Å². The van der Waals surface area contributed by atoms with Crippen LogP contribution in [-0.4, -0.2) is 9.78 Å². The predicted octanol–water partition coefficient (Wildman–Crippen LogP) is 2.72. The van der Waals surface area contributed by atoms with Crippen molar-refractivity contribution in [2.45, 2.75) is 20.8 Å². The molecule has 1 aromatic heterocycles. The van der Waals surface area contributed by atoms with Crippen molar-refractivity contribution < 1.29 is 4.74 Å². The molecule has 2 N–H and O–H groups in total. The van der Waals surface area contributed by atoms with Crippen LogP contribution in [0.3, 0.4) is 0 Å². The Balaban J connectivity index is 2.38. The highest BCUT2D eigenvalue weighted by molar-refractivity contribution is 5.54. The van der Waals surface area contributed by atoms with Crippen molar-refractivity contribution in [2.75, 3.05) is 5.73 Å². The van der Waals surface area contributed by atoms with Crippen molar-refractivity contribution in [3.05, 3.63) is 35.0 Å². The van der Waals surface area contributed by atoms with Gasteiger partial charge in [-0.3, -0.25) is 0 Å². The third kappa shape index (κ3) is 2.11. The summed E-state index contributed by atoms with van der Waals surface area (Å²) in [7, 11) is 1.82. The minimum Gasteiger partial charge on any atom is -0.437 e. The molecule has 1 aromatic carbocycles. The van der Waals surface area contributed by atoms with E-state index in [9.17, 15) is 0 Å². The minimum absolute atomic E-state index is 0.590. The van der Waals surface area contributed by atoms with Gasteiger partial charge in [-0.25, -0.2) is 4.68 Å². The first-order valence-electron chi connectivity index (χ1n) is 5.53. The Kier molecular flexibility index (Phi) is 2.79. The molecule has 4 heteroatoms. The number of rotatable bonds is 2. The van der Waals surface area contributed by atoms with Gasteiger partial charge in [0.15, 0.2) is 0 Å². The summed E-state index contributed by atoms with van der Waals surface area (Å²) in [6.45, 7) is 5.94. The molecule has 0 unspecified atom stereocenters. The van der Waals surface area contributed by atoms with E-state index < -0.39 is 0 Å². The SMILES string of the molecule is Cc1ccc(Oc2c(N)c(C)nn2C)c(C)c1. The van der Waals surface area contributed by atoms with Gasteiger partial charge in [0.05, 0.1) is 5.69 Å². The molecule has 0 aliphatic carbocycles. The van der Waals surface area contributed by atoms with Crippen molar-refractivity contribution in [1.82, 2.24) is 9.78 Å². The quantitative estimate of drug-likeness (QED) is 0.864. The lowest BCUT2D eigenvalue weighted by atomic mass is 10.1. The fourth-order valence-electron chi connectivity index (χ4n) is 1.79. The fourth-order valence-corrected chi connectivity index (χ4v) is 1.79. The first kappa shape index (κ1) is 11.5. The highest BCUT2D eigenvalue weighted by atomic mass is 16.5. The van der Waals surface area contributed by atoms with Crippen molar-refractivity contribution in [3.8, 4) is 11.6 Å². The van der Waals surface area contributed by atoms with Crippen LogP contribution in [0.4, 0.5) is 5.69 Å². The van der Waals surface area contributed by atoms with Gasteiger partial charge >= 0.3 is 0 Å². The zero-order valence-corrected chi connectivity index (χ0v) is 10.6. The molecular weight excluding hydrogens is 214 g/mol. The van der Waals surface area contributed by atoms with E-state index in [4.69, 9.17) is 10.5 Å². The third-order valence-electron chi connectivity index (χ3n) is 2.75. The van der Waals surface area contributed by atoms with Crippen LogP contribution < -0.4 is 10.5 Å². The number of hydrogen-bond donors (Lipinski definition) is 1. The van der Waals surface area contributed by atoms with E-state index in [-0.39, 0.29) is 0 Å². The standard InChI is InChI=1S/C13H17N3O/c1-8-5-6-11(9(2)7-8)17-13-12(14)10(3)15-16(13)4/h5-7H,14H2,1-4H3. The summed E-state index contributed by atoms with van der Waals surface area (Å²) in [5.74, 6) is 1.40. The van der Waals surface area contributed by atoms with Gasteiger partial charge < -0.3 is 10.5 Å². The molecule has 17 heavy (non-hydrogen) atoms. The van der Waals surface area contributed by atoms with E-state index in [2.05, 4.69) is 18.1 Å². The lowest BCUT2D eigenvalue weighted by Crippen LogP contribution is -1.98. The molecule has 0 spiro atoms. The molecule has 2 rings (SSSR count). The fraction of sp³-hybridized carbons (Fsp3) is 0.308. The maximum absolute atomic E-state index is 5.92. The summed E-state index contributed by atoms with van der Waals surface area (Å²) in [5, 5.41) is 4.22. The number of nitrogens with two attached hydrogens (primary N) is 1. The zero-order valence-electron chi connectivity index (χ0n) is 10.6. The summed E-state index contributed by atoms with van der Waals surface area (Å²) in [6, 6.07) is 6.04. The maximum atomic E-state index is 5.92. The Morgan fingerprint density at radius 3 is 2.47 bits per heavy atom. The van der Waals surface area contributed by atoms with Gasteiger partial charge in [-0.15, -0.1) is 0 Å². The topological polar surface area (TPSA) is 53.1 Å². The van der Waals surface area contributed by atoms with Crippen molar-refractivity contribution in [1.29, 1.82) is 0 Å². The van der Waals surface area contributed by atoms with Gasteiger partial charge in [-0.05, 0) is 32.4 Å². The largest absolute Gasteiger partial charge is 0.437 e. The molecule has 0 radical (unpaired) electrons. The Labute approximate surface area is 101 Å². The molecule has 4 nitrogen and oxygen atoms in total. The van der Waals surface area contributed by atoms with Gasteiger partial charge in [0.1, 0.15) is 11.4 Å². The van der Waals surface area contributed by atoms with Crippen LogP contribution in [0.15, 0.2) is 18.2 Å². The smallest absolute Gasteiger partial charge is 0.241 e. The van der Waals surface area contributed by atoms with Crippen molar-refractivity contribution >= 4 is 5.69 Å². The number of aryl methyl sites for hydroxylation is 4.